The van der Waals surface area contributed by atoms with Gasteiger partial charge in [0, 0.05) is 18.1 Å². The van der Waals surface area contributed by atoms with Crippen LogP contribution >= 0.6 is 0 Å². The Morgan fingerprint density at radius 2 is 1.12 bits per heavy atom. The van der Waals surface area contributed by atoms with E-state index in [1.165, 1.54) is 12.5 Å². The van der Waals surface area contributed by atoms with E-state index in [-0.39, 0.29) is 29.5 Å². The van der Waals surface area contributed by atoms with Gasteiger partial charge in [0.2, 0.25) is 5.78 Å². The average molecular weight is 464 g/mol. The fourth-order valence-corrected chi connectivity index (χ4v) is 4.26. The van der Waals surface area contributed by atoms with Crippen LogP contribution in [-0.4, -0.2) is 11.8 Å². The Kier molecular flexibility index (Phi) is 9.28. The highest BCUT2D eigenvalue weighted by Gasteiger charge is 2.32. The van der Waals surface area contributed by atoms with Gasteiger partial charge in [-0.05, 0) is 75.6 Å². The van der Waals surface area contributed by atoms with E-state index in [0.717, 1.165) is 27.8 Å². The average Bonchev–Trinajstić information content (AvgIpc) is 2.75. The highest BCUT2D eigenvalue weighted by atomic mass is 16.5. The Balaban J connectivity index is 2.84. The van der Waals surface area contributed by atoms with E-state index in [2.05, 4.69) is 87.4 Å². The highest BCUT2D eigenvalue weighted by molar-refractivity contribution is 6.01. The molecule has 0 fully saturated rings. The maximum Gasteiger partial charge on any atom is 0.303 e. The molecule has 0 N–H and O–H groups in total. The second-order valence-corrected chi connectivity index (χ2v) is 11.0. The molecule has 0 amide bonds. The summed E-state index contributed by atoms with van der Waals surface area (Å²) in [5, 5.41) is 0. The summed E-state index contributed by atoms with van der Waals surface area (Å²) < 4.78 is 5.84. The summed E-state index contributed by atoms with van der Waals surface area (Å²) in [7, 11) is 0. The Morgan fingerprint density at radius 3 is 1.44 bits per heavy atom. The number of esters is 1. The van der Waals surface area contributed by atoms with Gasteiger partial charge in [-0.15, -0.1) is 0 Å². The minimum absolute atomic E-state index is 0.172. The van der Waals surface area contributed by atoms with Crippen LogP contribution in [0.15, 0.2) is 24.3 Å². The van der Waals surface area contributed by atoms with Crippen LogP contribution < -0.4 is 0 Å². The molecular formula is C31H43O3. The summed E-state index contributed by atoms with van der Waals surface area (Å²) >= 11 is 0. The number of rotatable bonds is 9. The predicted octanol–water partition coefficient (Wildman–Crippen LogP) is 8.59. The number of hydrogen-bond donors (Lipinski definition) is 0. The SMILES string of the molecule is CC(=O)OC(C(=O)c1cc(C(C)C)[c]c(C(C)C)c1)c1c(C(C)C)cc(C(C)C)cc1C(C)C. The molecule has 1 atom stereocenters. The molecule has 2 rings (SSSR count). The van der Waals surface area contributed by atoms with Crippen molar-refractivity contribution in [2.24, 2.45) is 0 Å². The molecule has 185 valence electrons. The molecule has 2 aromatic rings. The first-order valence-corrected chi connectivity index (χ1v) is 12.7. The fraction of sp³-hybridized carbons (Fsp3) is 0.548. The van der Waals surface area contributed by atoms with Crippen molar-refractivity contribution < 1.29 is 14.3 Å². The van der Waals surface area contributed by atoms with E-state index in [1.807, 2.05) is 12.1 Å². The first-order valence-electron chi connectivity index (χ1n) is 12.7. The first-order chi connectivity index (χ1) is 15.7. The van der Waals surface area contributed by atoms with Crippen LogP contribution in [0.2, 0.25) is 0 Å². The Morgan fingerprint density at radius 1 is 0.676 bits per heavy atom. The van der Waals surface area contributed by atoms with E-state index in [4.69, 9.17) is 4.74 Å². The van der Waals surface area contributed by atoms with Crippen LogP contribution in [0.4, 0.5) is 0 Å². The highest BCUT2D eigenvalue weighted by Crippen LogP contribution is 2.39. The number of carbonyl (C=O) groups excluding carboxylic acids is 2. The summed E-state index contributed by atoms with van der Waals surface area (Å²) in [5.41, 5.74) is 6.81. The van der Waals surface area contributed by atoms with E-state index in [9.17, 15) is 9.59 Å². The lowest BCUT2D eigenvalue weighted by atomic mass is 9.80. The molecule has 3 nitrogen and oxygen atoms in total. The van der Waals surface area contributed by atoms with Gasteiger partial charge in [-0.3, -0.25) is 9.59 Å². The monoisotopic (exact) mass is 463 g/mol. The van der Waals surface area contributed by atoms with Gasteiger partial charge in [0.05, 0.1) is 0 Å². The smallest absolute Gasteiger partial charge is 0.303 e. The van der Waals surface area contributed by atoms with E-state index < -0.39 is 12.1 Å². The number of ketones is 1. The van der Waals surface area contributed by atoms with Gasteiger partial charge in [0.1, 0.15) is 0 Å². The van der Waals surface area contributed by atoms with Crippen molar-refractivity contribution in [2.45, 2.75) is 112 Å². The van der Waals surface area contributed by atoms with Crippen molar-refractivity contribution in [1.29, 1.82) is 0 Å². The minimum atomic E-state index is -0.976. The molecule has 0 aliphatic carbocycles. The van der Waals surface area contributed by atoms with Gasteiger partial charge < -0.3 is 4.74 Å². The third-order valence-corrected chi connectivity index (χ3v) is 6.40. The fourth-order valence-electron chi connectivity index (χ4n) is 4.26. The zero-order valence-corrected chi connectivity index (χ0v) is 23.0. The molecule has 0 bridgehead atoms. The summed E-state index contributed by atoms with van der Waals surface area (Å²) in [6.07, 6.45) is -0.976. The molecule has 1 unspecified atom stereocenters. The Labute approximate surface area is 207 Å². The van der Waals surface area contributed by atoms with Crippen molar-refractivity contribution in [3.63, 3.8) is 0 Å². The van der Waals surface area contributed by atoms with Crippen LogP contribution in [0.1, 0.15) is 156 Å². The van der Waals surface area contributed by atoms with E-state index >= 15 is 0 Å². The van der Waals surface area contributed by atoms with Crippen LogP contribution in [-0.2, 0) is 9.53 Å². The number of ether oxygens (including phenoxy) is 1. The van der Waals surface area contributed by atoms with Crippen LogP contribution in [0.3, 0.4) is 0 Å². The summed E-state index contributed by atoms with van der Waals surface area (Å²) in [5.74, 6) is 0.567. The summed E-state index contributed by atoms with van der Waals surface area (Å²) in [6.45, 7) is 22.7. The zero-order chi connectivity index (χ0) is 25.9. The molecule has 0 aromatic heterocycles. The van der Waals surface area contributed by atoms with Crippen LogP contribution in [0.5, 0.6) is 0 Å². The molecule has 0 spiro atoms. The van der Waals surface area contributed by atoms with Gasteiger partial charge in [0.25, 0.3) is 0 Å². The van der Waals surface area contributed by atoms with E-state index in [0.29, 0.717) is 11.5 Å². The lowest BCUT2D eigenvalue weighted by Gasteiger charge is -2.28. The summed E-state index contributed by atoms with van der Waals surface area (Å²) in [4.78, 5) is 26.4. The van der Waals surface area contributed by atoms with Crippen LogP contribution in [0.25, 0.3) is 0 Å². The van der Waals surface area contributed by atoms with Crippen molar-refractivity contribution in [1.82, 2.24) is 0 Å². The number of hydrogen-bond acceptors (Lipinski definition) is 3. The number of benzene rings is 2. The first kappa shape index (κ1) is 27.8. The second kappa shape index (κ2) is 11.3. The molecule has 34 heavy (non-hydrogen) atoms. The third-order valence-electron chi connectivity index (χ3n) is 6.40. The van der Waals surface area contributed by atoms with Crippen molar-refractivity contribution in [2.75, 3.05) is 0 Å². The largest absolute Gasteiger partial charge is 0.449 e. The minimum Gasteiger partial charge on any atom is -0.449 e. The lowest BCUT2D eigenvalue weighted by Crippen LogP contribution is -2.23. The number of Topliss-reactive ketones (excluding diaryl/α,β-unsaturated/α-hetero) is 1. The molecule has 0 aliphatic heterocycles. The van der Waals surface area contributed by atoms with Crippen molar-refractivity contribution in [3.05, 3.63) is 69.3 Å². The zero-order valence-electron chi connectivity index (χ0n) is 23.0. The molecule has 0 saturated heterocycles. The number of carbonyl (C=O) groups is 2. The molecule has 2 aromatic carbocycles. The Hall–Kier alpha value is -2.42. The van der Waals surface area contributed by atoms with Crippen molar-refractivity contribution >= 4 is 11.8 Å². The molecular weight excluding hydrogens is 420 g/mol. The molecule has 0 saturated carbocycles. The normalized spacial score (nSPS) is 12.8. The molecule has 3 heteroatoms. The van der Waals surface area contributed by atoms with Gasteiger partial charge in [-0.2, -0.15) is 0 Å². The van der Waals surface area contributed by atoms with Crippen LogP contribution in [0, 0.1) is 6.07 Å². The van der Waals surface area contributed by atoms with Gasteiger partial charge >= 0.3 is 5.97 Å². The quantitative estimate of drug-likeness (QED) is 0.276. The van der Waals surface area contributed by atoms with Gasteiger partial charge in [-0.25, -0.2) is 0 Å². The summed E-state index contributed by atoms with van der Waals surface area (Å²) in [6, 6.07) is 11.7. The lowest BCUT2D eigenvalue weighted by molar-refractivity contribution is -0.144. The van der Waals surface area contributed by atoms with Crippen molar-refractivity contribution in [3.8, 4) is 0 Å². The molecule has 1 radical (unpaired) electrons. The van der Waals surface area contributed by atoms with Gasteiger partial charge in [-0.1, -0.05) is 81.4 Å². The topological polar surface area (TPSA) is 43.4 Å². The molecule has 0 heterocycles. The van der Waals surface area contributed by atoms with E-state index in [1.54, 1.807) is 0 Å². The third kappa shape index (κ3) is 6.37. The maximum absolute atomic E-state index is 14.1. The standard InChI is InChI=1S/C31H43O3/c1-17(2)23-12-24(18(3)4)14-26(13-23)30(33)31(34-22(11)32)29-27(20(7)8)15-25(19(5)6)16-28(29)21(9)10/h13-21,31H,1-11H3. The van der Waals surface area contributed by atoms with Gasteiger partial charge in [0.15, 0.2) is 6.10 Å². The maximum atomic E-state index is 14.1. The predicted molar refractivity (Wildman–Crippen MR) is 141 cm³/mol. The Bertz CT molecular complexity index is 970. The molecule has 0 aliphatic rings. The second-order valence-electron chi connectivity index (χ2n) is 11.0.